The Kier molecular flexibility index (Phi) is 8.50. The van der Waals surface area contributed by atoms with Crippen molar-refractivity contribution in [3.05, 3.63) is 131 Å². The van der Waals surface area contributed by atoms with E-state index >= 15 is 0 Å². The molecule has 1 fully saturated rings. The van der Waals surface area contributed by atoms with Gasteiger partial charge in [-0.2, -0.15) is 5.26 Å². The molecule has 1 aliphatic heterocycles. The number of nitrogens with zero attached hydrogens (tertiary/aromatic N) is 4. The number of hydrogen-bond acceptors (Lipinski definition) is 10. The lowest BCUT2D eigenvalue weighted by Crippen LogP contribution is -2.41. The number of halogens is 1. The van der Waals surface area contributed by atoms with Gasteiger partial charge in [-0.3, -0.25) is 0 Å². The first kappa shape index (κ1) is 29.5. The Morgan fingerprint density at radius 3 is 1.89 bits per heavy atom. The number of aromatic nitrogens is 3. The fourth-order valence-electron chi connectivity index (χ4n) is 5.01. The van der Waals surface area contributed by atoms with Crippen LogP contribution in [0.4, 0.5) is 0 Å². The number of nitriles is 1. The zero-order valence-corrected chi connectivity index (χ0v) is 24.1. The number of esters is 3. The molecule has 0 unspecified atom stereocenters. The highest BCUT2D eigenvalue weighted by atomic mass is 35.5. The Hall–Kier alpha value is -5.57. The molecule has 0 aliphatic carbocycles. The Morgan fingerprint density at radius 1 is 0.800 bits per heavy atom. The predicted octanol–water partition coefficient (Wildman–Crippen LogP) is 5.16. The standard InChI is InChI=1S/C33H23ClN4O7/c34-28-25-23(16-35)17-38(29(25)37-19-36-28)30-27(45-33(41)22-14-8-3-9-15-22)26(44-32(40)21-12-6-2-7-13-21)24(43-30)18-42-31(39)20-10-4-1-5-11-20/h1-15,17,19,24,26-27,30H,18H2/t24-,26-,27-,30-/m1/s1. The van der Waals surface area contributed by atoms with E-state index in [0.29, 0.717) is 5.56 Å². The monoisotopic (exact) mass is 622 g/mol. The molecule has 0 saturated carbocycles. The smallest absolute Gasteiger partial charge is 0.338 e. The van der Waals surface area contributed by atoms with Crippen molar-refractivity contribution in [2.75, 3.05) is 6.61 Å². The van der Waals surface area contributed by atoms with Gasteiger partial charge in [-0.05, 0) is 36.4 Å². The summed E-state index contributed by atoms with van der Waals surface area (Å²) in [6.45, 7) is -0.365. The van der Waals surface area contributed by atoms with Crippen LogP contribution < -0.4 is 0 Å². The number of fused-ring (bicyclic) bond motifs is 1. The molecular weight excluding hydrogens is 600 g/mol. The Labute approximate surface area is 261 Å². The molecule has 0 N–H and O–H groups in total. The third-order valence-electron chi connectivity index (χ3n) is 7.14. The fourth-order valence-corrected chi connectivity index (χ4v) is 5.24. The molecule has 6 rings (SSSR count). The molecule has 11 nitrogen and oxygen atoms in total. The van der Waals surface area contributed by atoms with Crippen molar-refractivity contribution in [1.82, 2.24) is 14.5 Å². The van der Waals surface area contributed by atoms with E-state index in [9.17, 15) is 19.6 Å². The van der Waals surface area contributed by atoms with Crippen LogP contribution in [0, 0.1) is 11.3 Å². The lowest BCUT2D eigenvalue weighted by molar-refractivity contribution is -0.0604. The van der Waals surface area contributed by atoms with E-state index in [0.717, 1.165) is 0 Å². The summed E-state index contributed by atoms with van der Waals surface area (Å²) in [5.74, 6) is -2.07. The minimum absolute atomic E-state index is 0.0338. The Balaban J connectivity index is 1.41. The summed E-state index contributed by atoms with van der Waals surface area (Å²) >= 11 is 6.33. The molecule has 4 atom stereocenters. The van der Waals surface area contributed by atoms with Crippen LogP contribution in [0.25, 0.3) is 11.0 Å². The second kappa shape index (κ2) is 13.0. The lowest BCUT2D eigenvalue weighted by Gasteiger charge is -2.25. The van der Waals surface area contributed by atoms with E-state index < -0.39 is 42.4 Å². The lowest BCUT2D eigenvalue weighted by atomic mass is 10.1. The number of carbonyl (C=O) groups is 3. The molecule has 45 heavy (non-hydrogen) atoms. The van der Waals surface area contributed by atoms with E-state index in [1.807, 2.05) is 0 Å². The molecule has 224 valence electrons. The van der Waals surface area contributed by atoms with E-state index in [4.69, 9.17) is 30.5 Å². The topological polar surface area (TPSA) is 143 Å². The molecule has 0 radical (unpaired) electrons. The molecule has 0 amide bonds. The summed E-state index contributed by atoms with van der Waals surface area (Å²) in [6.07, 6.45) is -2.20. The zero-order valence-electron chi connectivity index (χ0n) is 23.4. The third kappa shape index (κ3) is 6.10. The first-order chi connectivity index (χ1) is 21.9. The Morgan fingerprint density at radius 2 is 1.33 bits per heavy atom. The van der Waals surface area contributed by atoms with Crippen molar-refractivity contribution in [3.63, 3.8) is 0 Å². The number of benzene rings is 3. The highest BCUT2D eigenvalue weighted by Crippen LogP contribution is 2.38. The molecular formula is C33H23ClN4O7. The van der Waals surface area contributed by atoms with Gasteiger partial charge in [0.05, 0.1) is 27.6 Å². The summed E-state index contributed by atoms with van der Waals surface area (Å²) in [5, 5.41) is 10.1. The summed E-state index contributed by atoms with van der Waals surface area (Å²) in [4.78, 5) is 47.9. The zero-order chi connectivity index (χ0) is 31.3. The van der Waals surface area contributed by atoms with Gasteiger partial charge in [0.25, 0.3) is 0 Å². The average Bonchev–Trinajstić information content (AvgIpc) is 3.63. The maximum atomic E-state index is 13.4. The third-order valence-corrected chi connectivity index (χ3v) is 7.42. The molecule has 12 heteroatoms. The first-order valence-electron chi connectivity index (χ1n) is 13.8. The molecule has 2 aromatic heterocycles. The normalized spacial score (nSPS) is 19.0. The van der Waals surface area contributed by atoms with Crippen molar-refractivity contribution >= 4 is 40.5 Å². The van der Waals surface area contributed by atoms with Gasteiger partial charge in [-0.1, -0.05) is 66.2 Å². The first-order valence-corrected chi connectivity index (χ1v) is 14.1. The summed E-state index contributed by atoms with van der Waals surface area (Å²) in [6, 6.07) is 26.9. The summed E-state index contributed by atoms with van der Waals surface area (Å²) < 4.78 is 25.3. The van der Waals surface area contributed by atoms with Gasteiger partial charge in [0.2, 0.25) is 0 Å². The molecule has 1 aliphatic rings. The maximum Gasteiger partial charge on any atom is 0.338 e. The fraction of sp³-hybridized carbons (Fsp3) is 0.152. The van der Waals surface area contributed by atoms with Gasteiger partial charge in [0.1, 0.15) is 35.9 Å². The van der Waals surface area contributed by atoms with Crippen LogP contribution >= 0.6 is 11.6 Å². The number of carbonyl (C=O) groups excluding carboxylic acids is 3. The van der Waals surface area contributed by atoms with Gasteiger partial charge in [-0.15, -0.1) is 0 Å². The SMILES string of the molecule is N#Cc1cn([C@@H]2O[C@H](COC(=O)c3ccccc3)[C@@H](OC(=O)c3ccccc3)[C@H]2OC(=O)c2ccccc2)c2ncnc(Cl)c12. The maximum absolute atomic E-state index is 13.4. The molecule has 0 bridgehead atoms. The second-order valence-electron chi connectivity index (χ2n) is 9.93. The van der Waals surface area contributed by atoms with Crippen molar-refractivity contribution in [1.29, 1.82) is 5.26 Å². The predicted molar refractivity (Wildman–Crippen MR) is 159 cm³/mol. The van der Waals surface area contributed by atoms with Crippen LogP contribution in [0.5, 0.6) is 0 Å². The summed E-state index contributed by atoms with van der Waals surface area (Å²) in [7, 11) is 0. The van der Waals surface area contributed by atoms with Gasteiger partial charge in [-0.25, -0.2) is 24.4 Å². The molecule has 3 heterocycles. The van der Waals surface area contributed by atoms with Gasteiger partial charge in [0, 0.05) is 6.20 Å². The number of ether oxygens (including phenoxy) is 4. The molecule has 0 spiro atoms. The van der Waals surface area contributed by atoms with E-state index in [1.165, 1.54) is 17.1 Å². The molecule has 3 aromatic carbocycles. The molecule has 5 aromatic rings. The van der Waals surface area contributed by atoms with E-state index in [-0.39, 0.29) is 39.5 Å². The average molecular weight is 623 g/mol. The van der Waals surface area contributed by atoms with Gasteiger partial charge in [0.15, 0.2) is 18.4 Å². The van der Waals surface area contributed by atoms with Crippen molar-refractivity contribution in [2.45, 2.75) is 24.5 Å². The van der Waals surface area contributed by atoms with Gasteiger partial charge >= 0.3 is 17.9 Å². The highest BCUT2D eigenvalue weighted by Gasteiger charge is 2.52. The largest absolute Gasteiger partial charge is 0.459 e. The van der Waals surface area contributed by atoms with Crippen LogP contribution in [0.2, 0.25) is 5.15 Å². The van der Waals surface area contributed by atoms with Crippen LogP contribution in [-0.2, 0) is 18.9 Å². The number of hydrogen-bond donors (Lipinski definition) is 0. The minimum Gasteiger partial charge on any atom is -0.459 e. The van der Waals surface area contributed by atoms with Crippen LogP contribution in [0.15, 0.2) is 104 Å². The van der Waals surface area contributed by atoms with Crippen LogP contribution in [0.3, 0.4) is 0 Å². The van der Waals surface area contributed by atoms with Crippen LogP contribution in [0.1, 0.15) is 42.9 Å². The molecule has 1 saturated heterocycles. The number of rotatable bonds is 8. The summed E-state index contributed by atoms with van der Waals surface area (Å²) in [5.41, 5.74) is 1.14. The van der Waals surface area contributed by atoms with E-state index in [1.54, 1.807) is 91.0 Å². The minimum atomic E-state index is -1.29. The Bertz CT molecular complexity index is 1890. The quantitative estimate of drug-likeness (QED) is 0.129. The highest BCUT2D eigenvalue weighted by molar-refractivity contribution is 6.34. The van der Waals surface area contributed by atoms with Crippen molar-refractivity contribution in [3.8, 4) is 6.07 Å². The second-order valence-corrected chi connectivity index (χ2v) is 10.3. The van der Waals surface area contributed by atoms with Gasteiger partial charge < -0.3 is 23.5 Å². The van der Waals surface area contributed by atoms with Crippen LogP contribution in [-0.4, -0.2) is 57.4 Å². The van der Waals surface area contributed by atoms with E-state index in [2.05, 4.69) is 16.0 Å². The van der Waals surface area contributed by atoms with Crippen molar-refractivity contribution in [2.24, 2.45) is 0 Å². The van der Waals surface area contributed by atoms with Crippen molar-refractivity contribution < 1.29 is 33.3 Å².